The first-order chi connectivity index (χ1) is 35.6. The van der Waals surface area contributed by atoms with E-state index in [1.807, 2.05) is 9.80 Å². The van der Waals surface area contributed by atoms with Gasteiger partial charge in [0.05, 0.1) is 36.8 Å². The highest BCUT2D eigenvalue weighted by atomic mass is 16.3. The molecule has 10 rings (SSSR count). The van der Waals surface area contributed by atoms with Crippen molar-refractivity contribution in [3.8, 4) is 0 Å². The van der Waals surface area contributed by atoms with Gasteiger partial charge in [-0.25, -0.2) is 14.8 Å². The number of hydrogen-bond acceptors (Lipinski definition) is 21. The van der Waals surface area contributed by atoms with E-state index in [0.29, 0.717) is 110 Å². The lowest BCUT2D eigenvalue weighted by atomic mass is 10.0. The van der Waals surface area contributed by atoms with Crippen LogP contribution in [0.4, 0.5) is 28.3 Å². The van der Waals surface area contributed by atoms with Gasteiger partial charge in [0.15, 0.2) is 34.0 Å². The monoisotopic (exact) mass is 1030 g/mol. The van der Waals surface area contributed by atoms with Gasteiger partial charge in [0.25, 0.3) is 0 Å². The first kappa shape index (κ1) is 51.7. The number of aromatic nitrogens is 8. The van der Waals surface area contributed by atoms with E-state index in [9.17, 15) is 45.0 Å². The van der Waals surface area contributed by atoms with Crippen LogP contribution in [0.3, 0.4) is 0 Å². The number of rotatable bonds is 14. The van der Waals surface area contributed by atoms with Gasteiger partial charge in [0, 0.05) is 76.5 Å². The number of carbonyl (C=O) groups excluding carboxylic acids is 3. The van der Waals surface area contributed by atoms with E-state index < -0.39 is 73.6 Å². The quantitative estimate of drug-likeness (QED) is 0.0606. The summed E-state index contributed by atoms with van der Waals surface area (Å²) >= 11 is 0. The number of aliphatic hydroxyl groups excluding tert-OH is 6. The third-order valence-corrected chi connectivity index (χ3v) is 16.4. The van der Waals surface area contributed by atoms with Crippen molar-refractivity contribution in [3.63, 3.8) is 0 Å². The molecule has 8 heterocycles. The maximum atomic E-state index is 14.1. The van der Waals surface area contributed by atoms with Gasteiger partial charge in [0.2, 0.25) is 23.7 Å². The molecule has 4 saturated heterocycles. The topological polar surface area (TPSA) is 327 Å². The summed E-state index contributed by atoms with van der Waals surface area (Å²) in [6.07, 6.45) is 3.11. The van der Waals surface area contributed by atoms with Crippen LogP contribution in [0.2, 0.25) is 0 Å². The number of aliphatic hydroxyl groups is 6. The van der Waals surface area contributed by atoms with Gasteiger partial charge in [-0.15, -0.1) is 0 Å². The summed E-state index contributed by atoms with van der Waals surface area (Å²) in [5, 5.41) is 75.3. The average Bonchev–Trinajstić information content (AvgIpc) is 4.28. The summed E-state index contributed by atoms with van der Waals surface area (Å²) in [5.41, 5.74) is 1.98. The van der Waals surface area contributed by atoms with Gasteiger partial charge in [-0.3, -0.25) is 9.59 Å². The maximum Gasteiger partial charge on any atom is 0.320 e. The Balaban J connectivity index is 0.797. The molecule has 0 spiro atoms. The Morgan fingerprint density at radius 3 is 1.31 bits per heavy atom. The SMILES string of the molecule is CN(C)[C@@H]1CCN(c2nc(NC3CCN(C(=O)N4CCC(Nc5nc(N6CC[C@@H](N(C)C)C6)nc6c5ncn6[C@@H]5C[C@H](NC(=O)CO)[C@@H](O)[C@H]5O)CC4)CC3)c3ncn([C@@H]4C[C@H](NC(=O)CO)[C@@H](O)[C@H]4O)c3n2)C1. The van der Waals surface area contributed by atoms with E-state index in [0.717, 1.165) is 39.0 Å². The number of carbonyl (C=O) groups is 3. The second-order valence-corrected chi connectivity index (χ2v) is 21.4. The minimum Gasteiger partial charge on any atom is -0.388 e. The highest BCUT2D eigenvalue weighted by Gasteiger charge is 2.46. The van der Waals surface area contributed by atoms with Gasteiger partial charge in [-0.1, -0.05) is 0 Å². The Kier molecular flexibility index (Phi) is 15.0. The third-order valence-electron chi connectivity index (χ3n) is 16.4. The summed E-state index contributed by atoms with van der Waals surface area (Å²) in [5.74, 6) is 0.838. The minimum absolute atomic E-state index is 0.0108. The predicted octanol–water partition coefficient (Wildman–Crippen LogP) is -2.89. The number of imidazole rings is 2. The van der Waals surface area contributed by atoms with Gasteiger partial charge in [0.1, 0.15) is 37.6 Å². The lowest BCUT2D eigenvalue weighted by Gasteiger charge is -2.39. The van der Waals surface area contributed by atoms with Gasteiger partial charge in [-0.2, -0.15) is 19.9 Å². The summed E-state index contributed by atoms with van der Waals surface area (Å²) in [4.78, 5) is 80.1. The van der Waals surface area contributed by atoms with E-state index >= 15 is 0 Å². The first-order valence-electron chi connectivity index (χ1n) is 26.0. The number of likely N-dealkylation sites (tertiary alicyclic amines) is 2. The fraction of sp³-hybridized carbons (Fsp3) is 0.723. The zero-order chi connectivity index (χ0) is 52.1. The van der Waals surface area contributed by atoms with Crippen molar-refractivity contribution in [1.29, 1.82) is 0 Å². The second kappa shape index (κ2) is 21.4. The average molecular weight is 1030 g/mol. The Morgan fingerprint density at radius 2 is 0.959 bits per heavy atom. The zero-order valence-electron chi connectivity index (χ0n) is 42.5. The number of urea groups is 1. The number of nitrogens with zero attached hydrogens (tertiary/aromatic N) is 14. The van der Waals surface area contributed by atoms with Crippen molar-refractivity contribution in [2.75, 3.05) is 114 Å². The molecule has 4 amide bonds. The molecule has 4 aromatic heterocycles. The number of hydrogen-bond donors (Lipinski definition) is 10. The molecule has 6 aliphatic rings. The molecule has 4 aliphatic heterocycles. The Hall–Kier alpha value is -5.81. The minimum atomic E-state index is -1.26. The Bertz CT molecular complexity index is 2480. The van der Waals surface area contributed by atoms with Crippen LogP contribution in [-0.2, 0) is 9.59 Å². The number of piperidine rings is 2. The van der Waals surface area contributed by atoms with E-state index in [1.54, 1.807) is 21.8 Å². The van der Waals surface area contributed by atoms with Crippen LogP contribution >= 0.6 is 0 Å². The van der Waals surface area contributed by atoms with Crippen molar-refractivity contribution in [2.24, 2.45) is 0 Å². The number of amides is 4. The van der Waals surface area contributed by atoms with Crippen molar-refractivity contribution in [1.82, 2.24) is 69.3 Å². The molecule has 27 heteroatoms. The Labute approximate surface area is 427 Å². The van der Waals surface area contributed by atoms with E-state index in [4.69, 9.17) is 29.9 Å². The van der Waals surface area contributed by atoms with Crippen LogP contribution in [0.5, 0.6) is 0 Å². The van der Waals surface area contributed by atoms with Crippen LogP contribution in [0.25, 0.3) is 22.3 Å². The highest BCUT2D eigenvalue weighted by molar-refractivity contribution is 5.86. The summed E-state index contributed by atoms with van der Waals surface area (Å²) in [6.45, 7) is 3.62. The van der Waals surface area contributed by atoms with Crippen molar-refractivity contribution in [3.05, 3.63) is 12.7 Å². The fourth-order valence-corrected chi connectivity index (χ4v) is 11.8. The normalized spacial score (nSPS) is 29.2. The van der Waals surface area contributed by atoms with Crippen molar-refractivity contribution in [2.45, 2.75) is 124 Å². The summed E-state index contributed by atoms with van der Waals surface area (Å²) in [6, 6.07) is -2.31. The number of fused-ring (bicyclic) bond motifs is 2. The van der Waals surface area contributed by atoms with Crippen LogP contribution in [0.1, 0.15) is 63.5 Å². The van der Waals surface area contributed by atoms with Gasteiger partial charge >= 0.3 is 6.03 Å². The first-order valence-corrected chi connectivity index (χ1v) is 26.0. The van der Waals surface area contributed by atoms with Crippen molar-refractivity contribution < 1.29 is 45.0 Å². The van der Waals surface area contributed by atoms with Crippen LogP contribution in [0, 0.1) is 0 Å². The van der Waals surface area contributed by atoms with Gasteiger partial charge < -0.3 is 90.4 Å². The molecule has 4 aromatic rings. The van der Waals surface area contributed by atoms with Crippen molar-refractivity contribution >= 4 is 63.7 Å². The zero-order valence-corrected chi connectivity index (χ0v) is 42.5. The summed E-state index contributed by atoms with van der Waals surface area (Å²) in [7, 11) is 8.22. The lowest BCUT2D eigenvalue weighted by molar-refractivity contribution is -0.126. The van der Waals surface area contributed by atoms with Crippen LogP contribution < -0.4 is 31.1 Å². The second-order valence-electron chi connectivity index (χ2n) is 21.4. The molecule has 10 N–H and O–H groups in total. The summed E-state index contributed by atoms with van der Waals surface area (Å²) < 4.78 is 3.49. The largest absolute Gasteiger partial charge is 0.388 e. The smallest absolute Gasteiger partial charge is 0.320 e. The molecular weight excluding hydrogens is 961 g/mol. The van der Waals surface area contributed by atoms with Crippen LogP contribution in [-0.4, -0.2) is 262 Å². The molecule has 404 valence electrons. The Morgan fingerprint density at radius 1 is 0.568 bits per heavy atom. The predicted molar refractivity (Wildman–Crippen MR) is 270 cm³/mol. The van der Waals surface area contributed by atoms with E-state index in [1.165, 1.54) is 0 Å². The molecule has 0 radical (unpaired) electrons. The maximum absolute atomic E-state index is 14.1. The molecule has 10 atom stereocenters. The standard InChI is InChI=1S/C47H72N18O9/c1-58(2)27-9-15-62(19-27)45-54-41(35-43(56-45)64(23-48-35)31-17-29(37(70)39(31)72)52-33(68)21-66)50-25-5-11-60(12-6-25)47(74)61-13-7-26(8-14-61)51-42-36-44(57-46(55-42)63-16-10-28(20-63)59(3)4)65(24-49-36)32-18-30(38(71)40(32)73)53-34(69)22-67/h23-32,37-40,66-67,70-73H,5-22H2,1-4H3,(H,52,68)(H,53,69)(H,50,54,56)(H,51,55,57)/t27-,28-,29+,30+,31-,32-,37-,38-,39+,40+/m1/s1. The number of likely N-dealkylation sites (N-methyl/N-ethyl adjacent to an activating group) is 2. The highest BCUT2D eigenvalue weighted by Crippen LogP contribution is 2.38. The van der Waals surface area contributed by atoms with E-state index in [-0.39, 0.29) is 31.0 Å². The molecule has 2 aliphatic carbocycles. The number of anilines is 4. The molecular formula is C47H72N18O9. The number of nitrogens with one attached hydrogen (secondary N) is 4. The molecule has 74 heavy (non-hydrogen) atoms. The van der Waals surface area contributed by atoms with E-state index in [2.05, 4.69) is 69.1 Å². The molecule has 27 nitrogen and oxygen atoms in total. The van der Waals surface area contributed by atoms with Crippen LogP contribution in [0.15, 0.2) is 12.7 Å². The molecule has 2 saturated carbocycles. The molecule has 0 bridgehead atoms. The fourth-order valence-electron chi connectivity index (χ4n) is 11.8. The third kappa shape index (κ3) is 10.2. The molecule has 0 aromatic carbocycles. The lowest BCUT2D eigenvalue weighted by Crippen LogP contribution is -2.51. The van der Waals surface area contributed by atoms with Gasteiger partial charge in [-0.05, 0) is 79.6 Å². The molecule has 6 fully saturated rings. The molecule has 0 unspecified atom stereocenters.